The van der Waals surface area contributed by atoms with Gasteiger partial charge in [-0.15, -0.1) is 0 Å². The summed E-state index contributed by atoms with van der Waals surface area (Å²) in [4.78, 5) is 4.32. The first kappa shape index (κ1) is 12.7. The maximum absolute atomic E-state index is 9.27. The lowest BCUT2D eigenvalue weighted by molar-refractivity contribution is 0.432. The molecule has 1 heterocycles. The molecule has 0 aliphatic heterocycles. The predicted molar refractivity (Wildman–Crippen MR) is 78.9 cm³/mol. The van der Waals surface area contributed by atoms with E-state index < -0.39 is 0 Å². The van der Waals surface area contributed by atoms with Crippen LogP contribution in [0.1, 0.15) is 0 Å². The van der Waals surface area contributed by atoms with Crippen molar-refractivity contribution in [3.05, 3.63) is 46.9 Å². The highest BCUT2D eigenvalue weighted by Crippen LogP contribution is 2.29. The zero-order valence-electron chi connectivity index (χ0n) is 10.2. The minimum Gasteiger partial charge on any atom is -0.508 e. The van der Waals surface area contributed by atoms with Gasteiger partial charge in [-0.2, -0.15) is 4.98 Å². The van der Waals surface area contributed by atoms with Gasteiger partial charge in [-0.25, -0.2) is 0 Å². The Kier molecular flexibility index (Phi) is 3.15. The molecule has 0 radical (unpaired) electrons. The summed E-state index contributed by atoms with van der Waals surface area (Å²) >= 11 is 3.38. The van der Waals surface area contributed by atoms with E-state index in [9.17, 15) is 5.11 Å². The van der Waals surface area contributed by atoms with Crippen LogP contribution in [-0.2, 0) is 0 Å². The van der Waals surface area contributed by atoms with Crippen molar-refractivity contribution in [3.8, 4) is 28.6 Å². The zero-order valence-corrected chi connectivity index (χ0v) is 11.8. The topological polar surface area (TPSA) is 85.2 Å². The molecule has 1 aromatic heterocycles. The van der Waals surface area contributed by atoms with Crippen LogP contribution >= 0.6 is 15.9 Å². The van der Waals surface area contributed by atoms with Gasteiger partial charge in [0.05, 0.1) is 5.56 Å². The molecule has 0 unspecified atom stereocenters. The molecule has 0 fully saturated rings. The van der Waals surface area contributed by atoms with E-state index >= 15 is 0 Å². The van der Waals surface area contributed by atoms with Gasteiger partial charge in [-0.1, -0.05) is 21.1 Å². The maximum atomic E-state index is 9.27. The SMILES string of the molecule is Nc1ccc(Br)cc1-c1nc(-c2ccc(O)cc2)no1. The summed E-state index contributed by atoms with van der Waals surface area (Å²) in [5.74, 6) is 0.986. The molecule has 20 heavy (non-hydrogen) atoms. The fraction of sp³-hybridized carbons (Fsp3) is 0. The van der Waals surface area contributed by atoms with Crippen LogP contribution in [0.2, 0.25) is 0 Å². The molecular weight excluding hydrogens is 322 g/mol. The fourth-order valence-electron chi connectivity index (χ4n) is 1.77. The first-order chi connectivity index (χ1) is 9.63. The average Bonchev–Trinajstić information content (AvgIpc) is 2.92. The Labute approximate surface area is 123 Å². The van der Waals surface area contributed by atoms with Crippen LogP contribution in [0.5, 0.6) is 5.75 Å². The number of nitrogen functional groups attached to an aromatic ring is 1. The number of halogens is 1. The van der Waals surface area contributed by atoms with E-state index in [2.05, 4.69) is 26.1 Å². The molecule has 6 heteroatoms. The standard InChI is InChI=1S/C14H10BrN3O2/c15-9-3-6-12(16)11(7-9)14-17-13(18-20-14)8-1-4-10(19)5-2-8/h1-7,19H,16H2. The molecule has 0 saturated heterocycles. The van der Waals surface area contributed by atoms with Gasteiger partial charge in [0, 0.05) is 15.7 Å². The van der Waals surface area contributed by atoms with Gasteiger partial charge in [0.15, 0.2) is 0 Å². The van der Waals surface area contributed by atoms with Crippen molar-refractivity contribution >= 4 is 21.6 Å². The lowest BCUT2D eigenvalue weighted by Gasteiger charge is -2.00. The molecule has 0 aliphatic rings. The van der Waals surface area contributed by atoms with Gasteiger partial charge in [-0.3, -0.25) is 0 Å². The highest BCUT2D eigenvalue weighted by molar-refractivity contribution is 9.10. The van der Waals surface area contributed by atoms with Crippen LogP contribution in [0.15, 0.2) is 51.5 Å². The molecule has 0 spiro atoms. The third kappa shape index (κ3) is 2.37. The normalized spacial score (nSPS) is 10.7. The van der Waals surface area contributed by atoms with E-state index in [-0.39, 0.29) is 5.75 Å². The van der Waals surface area contributed by atoms with Crippen molar-refractivity contribution in [1.29, 1.82) is 0 Å². The fourth-order valence-corrected chi connectivity index (χ4v) is 2.14. The molecule has 5 nitrogen and oxygen atoms in total. The van der Waals surface area contributed by atoms with E-state index in [0.717, 1.165) is 10.0 Å². The van der Waals surface area contributed by atoms with Crippen molar-refractivity contribution in [3.63, 3.8) is 0 Å². The quantitative estimate of drug-likeness (QED) is 0.702. The van der Waals surface area contributed by atoms with Crippen LogP contribution in [0.25, 0.3) is 22.8 Å². The summed E-state index contributed by atoms with van der Waals surface area (Å²) in [6.45, 7) is 0. The second-order valence-corrected chi connectivity index (χ2v) is 5.12. The molecule has 2 aromatic carbocycles. The van der Waals surface area contributed by atoms with Crippen molar-refractivity contribution in [2.75, 3.05) is 5.73 Å². The predicted octanol–water partition coefficient (Wildman–Crippen LogP) is 3.45. The minimum absolute atomic E-state index is 0.189. The Morgan fingerprint density at radius 1 is 1.10 bits per heavy atom. The monoisotopic (exact) mass is 331 g/mol. The van der Waals surface area contributed by atoms with Crippen molar-refractivity contribution in [1.82, 2.24) is 10.1 Å². The molecule has 3 rings (SSSR count). The lowest BCUT2D eigenvalue weighted by atomic mass is 10.2. The number of nitrogens with zero attached hydrogens (tertiary/aromatic N) is 2. The van der Waals surface area contributed by atoms with Crippen LogP contribution < -0.4 is 5.73 Å². The third-order valence-electron chi connectivity index (χ3n) is 2.80. The first-order valence-electron chi connectivity index (χ1n) is 5.82. The lowest BCUT2D eigenvalue weighted by Crippen LogP contribution is -1.90. The van der Waals surface area contributed by atoms with Gasteiger partial charge >= 0.3 is 0 Å². The number of aromatic nitrogens is 2. The summed E-state index contributed by atoms with van der Waals surface area (Å²) < 4.78 is 6.13. The van der Waals surface area contributed by atoms with Gasteiger partial charge < -0.3 is 15.4 Å². The van der Waals surface area contributed by atoms with E-state index in [1.807, 2.05) is 12.1 Å². The smallest absolute Gasteiger partial charge is 0.260 e. The van der Waals surface area contributed by atoms with E-state index in [1.165, 1.54) is 0 Å². The molecule has 0 atom stereocenters. The number of hydrogen-bond donors (Lipinski definition) is 2. The van der Waals surface area contributed by atoms with Crippen LogP contribution in [-0.4, -0.2) is 15.2 Å². The number of phenols is 1. The largest absolute Gasteiger partial charge is 0.508 e. The Morgan fingerprint density at radius 2 is 1.85 bits per heavy atom. The summed E-state index contributed by atoms with van der Waals surface area (Å²) in [5, 5.41) is 13.2. The van der Waals surface area contributed by atoms with Crippen LogP contribution in [0.3, 0.4) is 0 Å². The molecule has 0 bridgehead atoms. The zero-order chi connectivity index (χ0) is 14.1. The maximum Gasteiger partial charge on any atom is 0.260 e. The van der Waals surface area contributed by atoms with Crippen molar-refractivity contribution in [2.24, 2.45) is 0 Å². The summed E-state index contributed by atoms with van der Waals surface area (Å²) in [5.41, 5.74) is 7.91. The van der Waals surface area contributed by atoms with E-state index in [1.54, 1.807) is 30.3 Å². The molecule has 100 valence electrons. The van der Waals surface area contributed by atoms with Gasteiger partial charge in [-0.05, 0) is 42.5 Å². The number of anilines is 1. The Hall–Kier alpha value is -2.34. The van der Waals surface area contributed by atoms with E-state index in [4.69, 9.17) is 10.3 Å². The van der Waals surface area contributed by atoms with Crippen molar-refractivity contribution in [2.45, 2.75) is 0 Å². The number of benzene rings is 2. The average molecular weight is 332 g/mol. The van der Waals surface area contributed by atoms with Crippen LogP contribution in [0, 0.1) is 0 Å². The third-order valence-corrected chi connectivity index (χ3v) is 3.29. The Balaban J connectivity index is 2.01. The second kappa shape index (κ2) is 4.97. The van der Waals surface area contributed by atoms with Gasteiger partial charge in [0.25, 0.3) is 5.89 Å². The summed E-state index contributed by atoms with van der Waals surface area (Å²) in [7, 11) is 0. The number of phenolic OH excluding ortho intramolecular Hbond substituents is 1. The molecule has 0 aliphatic carbocycles. The molecule has 0 amide bonds. The highest BCUT2D eigenvalue weighted by atomic mass is 79.9. The van der Waals surface area contributed by atoms with Gasteiger partial charge in [0.1, 0.15) is 5.75 Å². The molecule has 3 aromatic rings. The van der Waals surface area contributed by atoms with Gasteiger partial charge in [0.2, 0.25) is 5.82 Å². The second-order valence-electron chi connectivity index (χ2n) is 4.20. The molecular formula is C14H10BrN3O2. The highest BCUT2D eigenvalue weighted by Gasteiger charge is 2.13. The summed E-state index contributed by atoms with van der Waals surface area (Å²) in [6, 6.07) is 12.0. The number of hydrogen-bond acceptors (Lipinski definition) is 5. The Morgan fingerprint density at radius 3 is 2.60 bits per heavy atom. The number of nitrogens with two attached hydrogens (primary N) is 1. The molecule has 3 N–H and O–H groups in total. The Bertz CT molecular complexity index is 753. The van der Waals surface area contributed by atoms with Crippen molar-refractivity contribution < 1.29 is 9.63 Å². The minimum atomic E-state index is 0.189. The first-order valence-corrected chi connectivity index (χ1v) is 6.61. The molecule has 0 saturated carbocycles. The van der Waals surface area contributed by atoms with E-state index in [0.29, 0.717) is 23.0 Å². The summed E-state index contributed by atoms with van der Waals surface area (Å²) in [6.07, 6.45) is 0. The van der Waals surface area contributed by atoms with Crippen LogP contribution in [0.4, 0.5) is 5.69 Å². The number of rotatable bonds is 2. The number of aromatic hydroxyl groups is 1.